The van der Waals surface area contributed by atoms with Crippen molar-refractivity contribution in [3.8, 4) is 0 Å². The van der Waals surface area contributed by atoms with Crippen LogP contribution in [0.2, 0.25) is 0 Å². The fraction of sp³-hybridized carbons (Fsp3) is 0.103. The molecular formula is C29H24N2O3. The second-order valence-corrected chi connectivity index (χ2v) is 8.52. The molecule has 5 heteroatoms. The highest BCUT2D eigenvalue weighted by Crippen LogP contribution is 2.43. The van der Waals surface area contributed by atoms with E-state index in [1.807, 2.05) is 110 Å². The molecule has 4 aromatic rings. The van der Waals surface area contributed by atoms with Crippen LogP contribution in [-0.4, -0.2) is 30.9 Å². The predicted molar refractivity (Wildman–Crippen MR) is 136 cm³/mol. The highest BCUT2D eigenvalue weighted by Gasteiger charge is 2.47. The number of aliphatic hydroxyl groups is 1. The third-order valence-corrected chi connectivity index (χ3v) is 6.25. The summed E-state index contributed by atoms with van der Waals surface area (Å²) < 4.78 is 0. The summed E-state index contributed by atoms with van der Waals surface area (Å²) in [5.74, 6) is -1.53. The molecule has 0 radical (unpaired) electrons. The number of anilines is 2. The summed E-state index contributed by atoms with van der Waals surface area (Å²) in [6.45, 7) is 0. The molecule has 0 bridgehead atoms. The van der Waals surface area contributed by atoms with E-state index in [2.05, 4.69) is 0 Å². The van der Waals surface area contributed by atoms with E-state index < -0.39 is 17.7 Å². The standard InChI is InChI=1S/C29H24N2O3/c1-30(2)21-15-17-22(18-16-21)31-26(20-10-4-3-5-11-20)25(28(33)29(31)34)27(32)24-14-8-12-19-9-6-7-13-23(19)24/h3-18,26,32H,1-2H3/b27-25-. The first-order chi connectivity index (χ1) is 16.5. The number of fused-ring (bicyclic) bond motifs is 1. The smallest absolute Gasteiger partial charge is 0.300 e. The van der Waals surface area contributed by atoms with Crippen LogP contribution in [0, 0.1) is 0 Å². The number of aliphatic hydroxyl groups excluding tert-OH is 1. The van der Waals surface area contributed by atoms with E-state index in [4.69, 9.17) is 0 Å². The molecule has 0 spiro atoms. The maximum atomic E-state index is 13.4. The molecule has 1 N–H and O–H groups in total. The minimum absolute atomic E-state index is 0.0873. The summed E-state index contributed by atoms with van der Waals surface area (Å²) in [5, 5.41) is 13.2. The van der Waals surface area contributed by atoms with Gasteiger partial charge in [-0.05, 0) is 40.6 Å². The van der Waals surface area contributed by atoms with Crippen molar-refractivity contribution in [1.29, 1.82) is 0 Å². The number of nitrogens with zero attached hydrogens (tertiary/aromatic N) is 2. The Balaban J connectivity index is 1.73. The number of hydrogen-bond acceptors (Lipinski definition) is 4. The fourth-order valence-corrected chi connectivity index (χ4v) is 4.54. The number of Topliss-reactive ketones (excluding diaryl/α,β-unsaturated/α-hetero) is 1. The Morgan fingerprint density at radius 1 is 0.794 bits per heavy atom. The van der Waals surface area contributed by atoms with Crippen LogP contribution < -0.4 is 9.80 Å². The third-order valence-electron chi connectivity index (χ3n) is 6.25. The zero-order valence-electron chi connectivity index (χ0n) is 19.0. The van der Waals surface area contributed by atoms with Gasteiger partial charge in [-0.25, -0.2) is 0 Å². The van der Waals surface area contributed by atoms with Gasteiger partial charge in [-0.3, -0.25) is 14.5 Å². The van der Waals surface area contributed by atoms with Gasteiger partial charge in [-0.1, -0.05) is 72.8 Å². The Bertz CT molecular complexity index is 1420. The van der Waals surface area contributed by atoms with Crippen molar-refractivity contribution in [2.24, 2.45) is 0 Å². The normalized spacial score (nSPS) is 17.4. The molecule has 1 saturated heterocycles. The number of ketones is 1. The minimum atomic E-state index is -0.745. The van der Waals surface area contributed by atoms with Crippen molar-refractivity contribution in [2.75, 3.05) is 23.9 Å². The van der Waals surface area contributed by atoms with Crippen LogP contribution in [0.3, 0.4) is 0 Å². The van der Waals surface area contributed by atoms with Crippen molar-refractivity contribution in [3.05, 3.63) is 114 Å². The summed E-state index contributed by atoms with van der Waals surface area (Å²) in [6, 6.07) is 29.3. The number of benzene rings is 4. The van der Waals surface area contributed by atoms with Crippen LogP contribution in [0.15, 0.2) is 103 Å². The van der Waals surface area contributed by atoms with Gasteiger partial charge in [0.05, 0.1) is 11.6 Å². The van der Waals surface area contributed by atoms with Crippen LogP contribution in [0.1, 0.15) is 17.2 Å². The number of rotatable bonds is 4. The Labute approximate surface area is 198 Å². The summed E-state index contributed by atoms with van der Waals surface area (Å²) >= 11 is 0. The summed E-state index contributed by atoms with van der Waals surface area (Å²) in [7, 11) is 3.88. The maximum absolute atomic E-state index is 13.4. The maximum Gasteiger partial charge on any atom is 0.300 e. The molecular weight excluding hydrogens is 424 g/mol. The lowest BCUT2D eigenvalue weighted by atomic mass is 9.93. The number of carbonyl (C=O) groups is 2. The largest absolute Gasteiger partial charge is 0.507 e. The van der Waals surface area contributed by atoms with Gasteiger partial charge >= 0.3 is 0 Å². The van der Waals surface area contributed by atoms with E-state index in [0.29, 0.717) is 11.3 Å². The van der Waals surface area contributed by atoms with E-state index >= 15 is 0 Å². The second kappa shape index (κ2) is 8.52. The third kappa shape index (κ3) is 3.52. The van der Waals surface area contributed by atoms with Gasteiger partial charge in [0.25, 0.3) is 11.7 Å². The first-order valence-corrected chi connectivity index (χ1v) is 11.1. The van der Waals surface area contributed by atoms with Gasteiger partial charge in [0.15, 0.2) is 0 Å². The van der Waals surface area contributed by atoms with Crippen LogP contribution in [-0.2, 0) is 9.59 Å². The first kappa shape index (κ1) is 21.5. The van der Waals surface area contributed by atoms with E-state index in [1.54, 1.807) is 6.07 Å². The Kier molecular flexibility index (Phi) is 5.38. The van der Waals surface area contributed by atoms with Crippen molar-refractivity contribution in [1.82, 2.24) is 0 Å². The second-order valence-electron chi connectivity index (χ2n) is 8.52. The average molecular weight is 449 g/mol. The molecule has 1 unspecified atom stereocenters. The number of hydrogen-bond donors (Lipinski definition) is 1. The highest BCUT2D eigenvalue weighted by molar-refractivity contribution is 6.51. The van der Waals surface area contributed by atoms with Crippen molar-refractivity contribution < 1.29 is 14.7 Å². The SMILES string of the molecule is CN(C)c1ccc(N2C(=O)C(=O)/C(=C(\O)c3cccc4ccccc34)C2c2ccccc2)cc1. The average Bonchev–Trinajstić information content (AvgIpc) is 3.14. The van der Waals surface area contributed by atoms with Gasteiger partial charge in [-0.15, -0.1) is 0 Å². The minimum Gasteiger partial charge on any atom is -0.507 e. The summed E-state index contributed by atoms with van der Waals surface area (Å²) in [6.07, 6.45) is 0. The lowest BCUT2D eigenvalue weighted by molar-refractivity contribution is -0.132. The highest BCUT2D eigenvalue weighted by atomic mass is 16.3. The lowest BCUT2D eigenvalue weighted by Crippen LogP contribution is -2.29. The molecule has 1 fully saturated rings. The van der Waals surface area contributed by atoms with Gasteiger partial charge in [-0.2, -0.15) is 0 Å². The molecule has 1 atom stereocenters. The number of amides is 1. The quantitative estimate of drug-likeness (QED) is 0.253. The van der Waals surface area contributed by atoms with Gasteiger partial charge < -0.3 is 10.0 Å². The topological polar surface area (TPSA) is 60.9 Å². The van der Waals surface area contributed by atoms with Crippen molar-refractivity contribution >= 4 is 39.6 Å². The van der Waals surface area contributed by atoms with E-state index in [-0.39, 0.29) is 11.3 Å². The lowest BCUT2D eigenvalue weighted by Gasteiger charge is -2.26. The molecule has 1 aliphatic rings. The van der Waals surface area contributed by atoms with Gasteiger partial charge in [0.1, 0.15) is 5.76 Å². The molecule has 0 aromatic heterocycles. The molecule has 0 saturated carbocycles. The molecule has 1 amide bonds. The van der Waals surface area contributed by atoms with Gasteiger partial charge in [0.2, 0.25) is 0 Å². The first-order valence-electron chi connectivity index (χ1n) is 11.1. The molecule has 5 rings (SSSR count). The van der Waals surface area contributed by atoms with E-state index in [9.17, 15) is 14.7 Å². The van der Waals surface area contributed by atoms with Crippen LogP contribution in [0.5, 0.6) is 0 Å². The number of carbonyl (C=O) groups excluding carboxylic acids is 2. The van der Waals surface area contributed by atoms with Crippen LogP contribution in [0.4, 0.5) is 11.4 Å². The molecule has 34 heavy (non-hydrogen) atoms. The van der Waals surface area contributed by atoms with Crippen LogP contribution >= 0.6 is 0 Å². The fourth-order valence-electron chi connectivity index (χ4n) is 4.54. The molecule has 0 aliphatic carbocycles. The summed E-state index contributed by atoms with van der Waals surface area (Å²) in [4.78, 5) is 30.2. The monoisotopic (exact) mass is 448 g/mol. The molecule has 4 aromatic carbocycles. The van der Waals surface area contributed by atoms with Crippen molar-refractivity contribution in [3.63, 3.8) is 0 Å². The predicted octanol–water partition coefficient (Wildman–Crippen LogP) is 5.53. The molecule has 168 valence electrons. The molecule has 1 heterocycles. The Hall–Kier alpha value is -4.38. The van der Waals surface area contributed by atoms with Crippen LogP contribution in [0.25, 0.3) is 16.5 Å². The van der Waals surface area contributed by atoms with E-state index in [1.165, 1.54) is 4.90 Å². The van der Waals surface area contributed by atoms with E-state index in [0.717, 1.165) is 22.0 Å². The zero-order valence-corrected chi connectivity index (χ0v) is 19.0. The zero-order chi connectivity index (χ0) is 23.8. The van der Waals surface area contributed by atoms with Gasteiger partial charge in [0, 0.05) is 31.0 Å². The Morgan fingerprint density at radius 2 is 1.44 bits per heavy atom. The Morgan fingerprint density at radius 3 is 2.15 bits per heavy atom. The van der Waals surface area contributed by atoms with Crippen molar-refractivity contribution in [2.45, 2.75) is 6.04 Å². The summed E-state index contributed by atoms with van der Waals surface area (Å²) in [5.41, 5.74) is 2.94. The molecule has 1 aliphatic heterocycles. The molecule has 5 nitrogen and oxygen atoms in total.